The Bertz CT molecular complexity index is 896. The van der Waals surface area contributed by atoms with Crippen LogP contribution in [0, 0.1) is 0 Å². The lowest BCUT2D eigenvalue weighted by atomic mass is 10.1. The SMILES string of the molecule is C[C@H](C(=O)Nc1cc(Cl)ccc1Cl)[n+]1ccc(Cc2ccccc2)cc1. The molecule has 0 bridgehead atoms. The third-order valence-corrected chi connectivity index (χ3v) is 4.75. The van der Waals surface area contributed by atoms with E-state index in [1.807, 2.05) is 54.2 Å². The lowest BCUT2D eigenvalue weighted by Crippen LogP contribution is -2.44. The summed E-state index contributed by atoms with van der Waals surface area (Å²) < 4.78 is 1.86. The number of nitrogens with one attached hydrogen (secondary N) is 1. The van der Waals surface area contributed by atoms with Crippen molar-refractivity contribution < 1.29 is 9.36 Å². The van der Waals surface area contributed by atoms with Gasteiger partial charge in [0.05, 0.1) is 10.7 Å². The second-order valence-corrected chi connectivity index (χ2v) is 6.95. The minimum Gasteiger partial charge on any atom is -0.319 e. The van der Waals surface area contributed by atoms with E-state index in [0.717, 1.165) is 6.42 Å². The maximum absolute atomic E-state index is 12.5. The van der Waals surface area contributed by atoms with Crippen LogP contribution in [0.25, 0.3) is 0 Å². The first-order chi connectivity index (χ1) is 12.5. The van der Waals surface area contributed by atoms with E-state index in [4.69, 9.17) is 23.2 Å². The summed E-state index contributed by atoms with van der Waals surface area (Å²) in [7, 11) is 0. The molecule has 3 rings (SSSR count). The van der Waals surface area contributed by atoms with Crippen LogP contribution in [-0.2, 0) is 11.2 Å². The van der Waals surface area contributed by atoms with Crippen LogP contribution in [-0.4, -0.2) is 5.91 Å². The van der Waals surface area contributed by atoms with Crippen LogP contribution < -0.4 is 9.88 Å². The Morgan fingerprint density at radius 1 is 1.00 bits per heavy atom. The summed E-state index contributed by atoms with van der Waals surface area (Å²) in [6, 6.07) is 19.0. The highest BCUT2D eigenvalue weighted by Gasteiger charge is 2.22. The van der Waals surface area contributed by atoms with Crippen molar-refractivity contribution in [1.82, 2.24) is 0 Å². The third-order valence-electron chi connectivity index (χ3n) is 4.19. The van der Waals surface area contributed by atoms with E-state index < -0.39 is 0 Å². The number of pyridine rings is 1. The van der Waals surface area contributed by atoms with Crippen LogP contribution in [0.15, 0.2) is 73.1 Å². The molecule has 0 aliphatic heterocycles. The van der Waals surface area contributed by atoms with Crippen molar-refractivity contribution in [2.75, 3.05) is 5.32 Å². The fourth-order valence-corrected chi connectivity index (χ4v) is 2.98. The molecule has 0 radical (unpaired) electrons. The number of aromatic nitrogens is 1. The maximum Gasteiger partial charge on any atom is 0.293 e. The van der Waals surface area contributed by atoms with Gasteiger partial charge in [0.15, 0.2) is 12.4 Å². The molecule has 1 atom stereocenters. The van der Waals surface area contributed by atoms with Gasteiger partial charge < -0.3 is 5.32 Å². The Balaban J connectivity index is 1.68. The number of amides is 1. The largest absolute Gasteiger partial charge is 0.319 e. The Hall–Kier alpha value is -2.36. The first kappa shape index (κ1) is 18.4. The molecule has 3 nitrogen and oxygen atoms in total. The Morgan fingerprint density at radius 3 is 2.35 bits per heavy atom. The predicted molar refractivity (Wildman–Crippen MR) is 106 cm³/mol. The van der Waals surface area contributed by atoms with Gasteiger partial charge in [0.1, 0.15) is 0 Å². The van der Waals surface area contributed by atoms with E-state index in [-0.39, 0.29) is 11.9 Å². The lowest BCUT2D eigenvalue weighted by molar-refractivity contribution is -0.705. The summed E-state index contributed by atoms with van der Waals surface area (Å²) in [6.07, 6.45) is 4.70. The van der Waals surface area contributed by atoms with Crippen LogP contribution in [0.5, 0.6) is 0 Å². The Morgan fingerprint density at radius 2 is 1.65 bits per heavy atom. The predicted octanol–water partition coefficient (Wildman–Crippen LogP) is 5.07. The molecule has 132 valence electrons. The summed E-state index contributed by atoms with van der Waals surface area (Å²) in [5, 5.41) is 3.81. The number of carbonyl (C=O) groups is 1. The van der Waals surface area contributed by atoms with Crippen LogP contribution in [0.2, 0.25) is 10.0 Å². The molecule has 0 unspecified atom stereocenters. The van der Waals surface area contributed by atoms with Gasteiger partial charge in [0.2, 0.25) is 6.04 Å². The van der Waals surface area contributed by atoms with Gasteiger partial charge in [-0.3, -0.25) is 4.79 Å². The van der Waals surface area contributed by atoms with Crippen molar-refractivity contribution in [2.45, 2.75) is 19.4 Å². The van der Waals surface area contributed by atoms with E-state index in [1.54, 1.807) is 18.2 Å². The number of nitrogens with zero attached hydrogens (tertiary/aromatic N) is 1. The quantitative estimate of drug-likeness (QED) is 0.610. The molecule has 0 aliphatic carbocycles. The molecule has 0 saturated carbocycles. The Kier molecular flexibility index (Phi) is 5.92. The van der Waals surface area contributed by atoms with E-state index in [1.165, 1.54) is 11.1 Å². The topological polar surface area (TPSA) is 33.0 Å². The van der Waals surface area contributed by atoms with Crippen LogP contribution in [0.1, 0.15) is 24.1 Å². The van der Waals surface area contributed by atoms with Crippen molar-refractivity contribution in [3.63, 3.8) is 0 Å². The summed E-state index contributed by atoms with van der Waals surface area (Å²) in [6.45, 7) is 1.84. The van der Waals surface area contributed by atoms with Gasteiger partial charge in [-0.25, -0.2) is 0 Å². The monoisotopic (exact) mass is 385 g/mol. The molecule has 1 amide bonds. The molecule has 0 fully saturated rings. The average molecular weight is 386 g/mol. The molecular weight excluding hydrogens is 367 g/mol. The fourth-order valence-electron chi connectivity index (χ4n) is 2.64. The van der Waals surface area contributed by atoms with Gasteiger partial charge in [0, 0.05) is 24.1 Å². The van der Waals surface area contributed by atoms with Crippen molar-refractivity contribution in [2.24, 2.45) is 0 Å². The average Bonchev–Trinajstić information content (AvgIpc) is 2.65. The highest BCUT2D eigenvalue weighted by Crippen LogP contribution is 2.25. The van der Waals surface area contributed by atoms with Crippen molar-refractivity contribution in [3.8, 4) is 0 Å². The number of carbonyl (C=O) groups excluding carboxylic acids is 1. The molecule has 1 N–H and O–H groups in total. The molecule has 0 spiro atoms. The molecule has 26 heavy (non-hydrogen) atoms. The van der Waals surface area contributed by atoms with Crippen LogP contribution >= 0.6 is 23.2 Å². The molecule has 0 saturated heterocycles. The van der Waals surface area contributed by atoms with Gasteiger partial charge in [-0.15, -0.1) is 0 Å². The first-order valence-corrected chi connectivity index (χ1v) is 9.08. The van der Waals surface area contributed by atoms with Gasteiger partial charge in [-0.2, -0.15) is 4.57 Å². The highest BCUT2D eigenvalue weighted by molar-refractivity contribution is 6.35. The van der Waals surface area contributed by atoms with Gasteiger partial charge in [-0.1, -0.05) is 53.5 Å². The number of hydrogen-bond acceptors (Lipinski definition) is 1. The van der Waals surface area contributed by atoms with E-state index in [9.17, 15) is 4.79 Å². The highest BCUT2D eigenvalue weighted by atomic mass is 35.5. The van der Waals surface area contributed by atoms with E-state index >= 15 is 0 Å². The number of hydrogen-bond donors (Lipinski definition) is 1. The fraction of sp³-hybridized carbons (Fsp3) is 0.143. The van der Waals surface area contributed by atoms with Crippen LogP contribution in [0.3, 0.4) is 0 Å². The minimum absolute atomic E-state index is 0.157. The number of halogens is 2. The molecule has 5 heteroatoms. The minimum atomic E-state index is -0.379. The molecule has 1 heterocycles. The maximum atomic E-state index is 12.5. The third kappa shape index (κ3) is 4.63. The van der Waals surface area contributed by atoms with Crippen molar-refractivity contribution in [1.29, 1.82) is 0 Å². The summed E-state index contributed by atoms with van der Waals surface area (Å²) >= 11 is 12.1. The smallest absolute Gasteiger partial charge is 0.293 e. The normalized spacial score (nSPS) is 11.8. The van der Waals surface area contributed by atoms with Gasteiger partial charge >= 0.3 is 0 Å². The molecule has 0 aliphatic rings. The van der Waals surface area contributed by atoms with E-state index in [2.05, 4.69) is 17.4 Å². The molecular formula is C21H19Cl2N2O+. The summed E-state index contributed by atoms with van der Waals surface area (Å²) in [5.41, 5.74) is 2.96. The molecule has 1 aromatic heterocycles. The summed E-state index contributed by atoms with van der Waals surface area (Å²) in [4.78, 5) is 12.5. The molecule has 2 aromatic carbocycles. The lowest BCUT2D eigenvalue weighted by Gasteiger charge is -2.10. The Labute approximate surface area is 163 Å². The van der Waals surface area contributed by atoms with Gasteiger partial charge in [-0.05, 0) is 35.7 Å². The zero-order valence-corrected chi connectivity index (χ0v) is 15.8. The zero-order chi connectivity index (χ0) is 18.5. The number of anilines is 1. The van der Waals surface area contributed by atoms with Gasteiger partial charge in [0.25, 0.3) is 5.91 Å². The number of rotatable bonds is 5. The second-order valence-electron chi connectivity index (χ2n) is 6.11. The van der Waals surface area contributed by atoms with Crippen molar-refractivity contribution in [3.05, 3.63) is 94.2 Å². The zero-order valence-electron chi connectivity index (χ0n) is 14.3. The van der Waals surface area contributed by atoms with Crippen molar-refractivity contribution >= 4 is 34.8 Å². The summed E-state index contributed by atoms with van der Waals surface area (Å²) in [5.74, 6) is -0.157. The van der Waals surface area contributed by atoms with E-state index in [0.29, 0.717) is 15.7 Å². The second kappa shape index (κ2) is 8.35. The molecule has 3 aromatic rings. The standard InChI is InChI=1S/C21H18Cl2N2O/c1-15(21(26)24-20-14-18(22)7-8-19(20)23)25-11-9-17(10-12-25)13-16-5-3-2-4-6-16/h2-12,14-15H,13H2,1H3/p+1/t15-/m1/s1. The first-order valence-electron chi connectivity index (χ1n) is 8.32. The number of benzene rings is 2. The van der Waals surface area contributed by atoms with Crippen LogP contribution in [0.4, 0.5) is 5.69 Å².